The van der Waals surface area contributed by atoms with Gasteiger partial charge in [0.15, 0.2) is 6.61 Å². The summed E-state index contributed by atoms with van der Waals surface area (Å²) in [5, 5.41) is 12.9. The molecule has 1 rings (SSSR count). The second-order valence-electron chi connectivity index (χ2n) is 4.69. The first-order chi connectivity index (χ1) is 8.99. The number of rotatable bonds is 7. The maximum Gasteiger partial charge on any atom is 0.257 e. The molecule has 5 heteroatoms. The summed E-state index contributed by atoms with van der Waals surface area (Å²) in [5.74, 6) is 0.592. The monoisotopic (exact) mass is 285 g/mol. The molecule has 2 N–H and O–H groups in total. The van der Waals surface area contributed by atoms with Crippen molar-refractivity contribution in [1.82, 2.24) is 5.32 Å². The van der Waals surface area contributed by atoms with Gasteiger partial charge in [0.2, 0.25) is 0 Å². The summed E-state index contributed by atoms with van der Waals surface area (Å²) >= 11 is 5.74. The standard InChI is InChI=1S/C14H20ClNO3/c1-10(2)13(17)7-8-16-14(18)9-19-12-5-3-11(15)4-6-12/h3-6,10,13,17H,7-9H2,1-2H3,(H,16,18). The van der Waals surface area contributed by atoms with E-state index in [0.29, 0.717) is 23.7 Å². The zero-order valence-corrected chi connectivity index (χ0v) is 12.0. The fraction of sp³-hybridized carbons (Fsp3) is 0.500. The number of carbonyl (C=O) groups is 1. The number of nitrogens with one attached hydrogen (secondary N) is 1. The van der Waals surface area contributed by atoms with E-state index in [1.165, 1.54) is 0 Å². The van der Waals surface area contributed by atoms with E-state index < -0.39 is 6.10 Å². The first-order valence-electron chi connectivity index (χ1n) is 6.32. The minimum absolute atomic E-state index is 0.0423. The van der Waals surface area contributed by atoms with Crippen molar-refractivity contribution in [2.45, 2.75) is 26.4 Å². The fourth-order valence-corrected chi connectivity index (χ4v) is 1.55. The van der Waals surface area contributed by atoms with Crippen molar-refractivity contribution in [3.8, 4) is 5.75 Å². The number of halogens is 1. The third-order valence-corrected chi connectivity index (χ3v) is 2.97. The van der Waals surface area contributed by atoms with Gasteiger partial charge in [0.25, 0.3) is 5.91 Å². The molecule has 1 atom stereocenters. The van der Waals surface area contributed by atoms with E-state index in [4.69, 9.17) is 16.3 Å². The number of ether oxygens (including phenoxy) is 1. The molecule has 0 aliphatic carbocycles. The van der Waals surface area contributed by atoms with Crippen LogP contribution in [0.4, 0.5) is 0 Å². The van der Waals surface area contributed by atoms with Gasteiger partial charge >= 0.3 is 0 Å². The molecule has 1 amide bonds. The van der Waals surface area contributed by atoms with Gasteiger partial charge in [-0.1, -0.05) is 25.4 Å². The molecule has 0 fully saturated rings. The molecule has 0 spiro atoms. The van der Waals surface area contributed by atoms with E-state index in [0.717, 1.165) is 0 Å². The number of carbonyl (C=O) groups excluding carboxylic acids is 1. The van der Waals surface area contributed by atoms with Crippen LogP contribution in [-0.4, -0.2) is 30.3 Å². The van der Waals surface area contributed by atoms with Crippen LogP contribution in [0.25, 0.3) is 0 Å². The molecular formula is C14H20ClNO3. The average Bonchev–Trinajstić information content (AvgIpc) is 2.37. The van der Waals surface area contributed by atoms with Crippen molar-refractivity contribution < 1.29 is 14.6 Å². The Balaban J connectivity index is 2.19. The van der Waals surface area contributed by atoms with Crippen molar-refractivity contribution in [3.05, 3.63) is 29.3 Å². The lowest BCUT2D eigenvalue weighted by Gasteiger charge is -2.14. The molecule has 0 bridgehead atoms. The first kappa shape index (κ1) is 15.8. The zero-order valence-electron chi connectivity index (χ0n) is 11.2. The van der Waals surface area contributed by atoms with Crippen LogP contribution in [0.15, 0.2) is 24.3 Å². The molecule has 106 valence electrons. The Morgan fingerprint density at radius 2 is 2.00 bits per heavy atom. The Morgan fingerprint density at radius 1 is 1.37 bits per heavy atom. The molecule has 0 radical (unpaired) electrons. The smallest absolute Gasteiger partial charge is 0.257 e. The number of amides is 1. The average molecular weight is 286 g/mol. The summed E-state index contributed by atoms with van der Waals surface area (Å²) in [6.07, 6.45) is 0.155. The van der Waals surface area contributed by atoms with Gasteiger partial charge in [-0.05, 0) is 36.6 Å². The topological polar surface area (TPSA) is 58.6 Å². The molecule has 0 saturated heterocycles. The highest BCUT2D eigenvalue weighted by molar-refractivity contribution is 6.30. The maximum absolute atomic E-state index is 11.5. The third-order valence-electron chi connectivity index (χ3n) is 2.72. The van der Waals surface area contributed by atoms with Crippen molar-refractivity contribution in [1.29, 1.82) is 0 Å². The van der Waals surface area contributed by atoms with Crippen LogP contribution in [0.2, 0.25) is 5.02 Å². The van der Waals surface area contributed by atoms with Crippen LogP contribution in [0.3, 0.4) is 0 Å². The van der Waals surface area contributed by atoms with Crippen LogP contribution in [0, 0.1) is 5.92 Å². The summed E-state index contributed by atoms with van der Waals surface area (Å²) in [6.45, 7) is 4.29. The van der Waals surface area contributed by atoms with Gasteiger partial charge in [0, 0.05) is 11.6 Å². The van der Waals surface area contributed by atoms with Gasteiger partial charge in [-0.3, -0.25) is 4.79 Å². The minimum Gasteiger partial charge on any atom is -0.484 e. The van der Waals surface area contributed by atoms with Gasteiger partial charge in [-0.25, -0.2) is 0 Å². The number of benzene rings is 1. The Hall–Kier alpha value is -1.26. The summed E-state index contributed by atoms with van der Waals surface area (Å²) in [6, 6.07) is 6.82. The van der Waals surface area contributed by atoms with E-state index in [1.54, 1.807) is 24.3 Å². The van der Waals surface area contributed by atoms with Gasteiger partial charge in [-0.2, -0.15) is 0 Å². The van der Waals surface area contributed by atoms with Gasteiger partial charge < -0.3 is 15.2 Å². The molecule has 0 heterocycles. The van der Waals surface area contributed by atoms with Crippen LogP contribution < -0.4 is 10.1 Å². The number of hydrogen-bond donors (Lipinski definition) is 2. The Bertz CT molecular complexity index is 392. The number of aliphatic hydroxyl groups is 1. The maximum atomic E-state index is 11.5. The second kappa shape index (κ2) is 8.02. The molecule has 1 aromatic carbocycles. The van der Waals surface area contributed by atoms with Crippen LogP contribution >= 0.6 is 11.6 Å². The van der Waals surface area contributed by atoms with E-state index in [9.17, 15) is 9.90 Å². The SMILES string of the molecule is CC(C)C(O)CCNC(=O)COc1ccc(Cl)cc1. The largest absolute Gasteiger partial charge is 0.484 e. The Labute approximate surface area is 118 Å². The van der Waals surface area contributed by atoms with E-state index >= 15 is 0 Å². The van der Waals surface area contributed by atoms with Crippen molar-refractivity contribution in [2.75, 3.05) is 13.2 Å². The molecule has 1 unspecified atom stereocenters. The van der Waals surface area contributed by atoms with Crippen molar-refractivity contribution >= 4 is 17.5 Å². The lowest BCUT2D eigenvalue weighted by atomic mass is 10.0. The van der Waals surface area contributed by atoms with Crippen molar-refractivity contribution in [3.63, 3.8) is 0 Å². The highest BCUT2D eigenvalue weighted by Gasteiger charge is 2.09. The molecule has 0 aliphatic heterocycles. The minimum atomic E-state index is -0.391. The second-order valence-corrected chi connectivity index (χ2v) is 5.13. The quantitative estimate of drug-likeness (QED) is 0.808. The van der Waals surface area contributed by atoms with Gasteiger partial charge in [-0.15, -0.1) is 0 Å². The molecule has 1 aromatic rings. The van der Waals surface area contributed by atoms with Crippen molar-refractivity contribution in [2.24, 2.45) is 5.92 Å². The van der Waals surface area contributed by atoms with Crippen LogP contribution in [0.1, 0.15) is 20.3 Å². The molecular weight excluding hydrogens is 266 g/mol. The molecule has 4 nitrogen and oxygen atoms in total. The normalized spacial score (nSPS) is 12.3. The van der Waals surface area contributed by atoms with Gasteiger partial charge in [0.1, 0.15) is 5.75 Å². The highest BCUT2D eigenvalue weighted by Crippen LogP contribution is 2.15. The summed E-state index contributed by atoms with van der Waals surface area (Å²) in [5.41, 5.74) is 0. The highest BCUT2D eigenvalue weighted by atomic mass is 35.5. The lowest BCUT2D eigenvalue weighted by Crippen LogP contribution is -2.32. The fourth-order valence-electron chi connectivity index (χ4n) is 1.42. The lowest BCUT2D eigenvalue weighted by molar-refractivity contribution is -0.123. The molecule has 0 saturated carbocycles. The molecule has 19 heavy (non-hydrogen) atoms. The predicted octanol–water partition coefficient (Wildman–Crippen LogP) is 2.24. The van der Waals surface area contributed by atoms with E-state index in [1.807, 2.05) is 13.8 Å². The predicted molar refractivity (Wildman–Crippen MR) is 75.4 cm³/mol. The van der Waals surface area contributed by atoms with Crippen LogP contribution in [0.5, 0.6) is 5.75 Å². The molecule has 0 aromatic heterocycles. The number of aliphatic hydroxyl groups excluding tert-OH is 1. The summed E-state index contributed by atoms with van der Waals surface area (Å²) in [7, 11) is 0. The Morgan fingerprint density at radius 3 is 2.58 bits per heavy atom. The van der Waals surface area contributed by atoms with E-state index in [-0.39, 0.29) is 18.4 Å². The molecule has 0 aliphatic rings. The van der Waals surface area contributed by atoms with Gasteiger partial charge in [0.05, 0.1) is 6.10 Å². The summed E-state index contributed by atoms with van der Waals surface area (Å²) < 4.78 is 5.29. The zero-order chi connectivity index (χ0) is 14.3. The number of hydrogen-bond acceptors (Lipinski definition) is 3. The first-order valence-corrected chi connectivity index (χ1v) is 6.70. The third kappa shape index (κ3) is 6.45. The van der Waals surface area contributed by atoms with E-state index in [2.05, 4.69) is 5.32 Å². The summed E-state index contributed by atoms with van der Waals surface area (Å²) in [4.78, 5) is 11.5. The van der Waals surface area contributed by atoms with Crippen LogP contribution in [-0.2, 0) is 4.79 Å². The Kier molecular flexibility index (Phi) is 6.67.